The summed E-state index contributed by atoms with van der Waals surface area (Å²) in [4.78, 5) is 28.8. The first kappa shape index (κ1) is 29.9. The second-order valence-corrected chi connectivity index (χ2v) is 11.4. The van der Waals surface area contributed by atoms with E-state index < -0.39 is 28.5 Å². The number of sulfonamides is 1. The van der Waals surface area contributed by atoms with Gasteiger partial charge in [0.2, 0.25) is 11.8 Å². The van der Waals surface area contributed by atoms with E-state index >= 15 is 0 Å². The summed E-state index contributed by atoms with van der Waals surface area (Å²) in [7, 11) is -4.09. The van der Waals surface area contributed by atoms with Crippen molar-refractivity contribution in [1.82, 2.24) is 10.2 Å². The lowest BCUT2D eigenvalue weighted by atomic mass is 10.1. The van der Waals surface area contributed by atoms with Gasteiger partial charge in [0, 0.05) is 13.1 Å². The molecular formula is C31H39N3O4S. The molecule has 0 aliphatic carbocycles. The summed E-state index contributed by atoms with van der Waals surface area (Å²) in [5.41, 5.74) is 4.08. The van der Waals surface area contributed by atoms with Crippen LogP contribution in [0.5, 0.6) is 0 Å². The van der Waals surface area contributed by atoms with Gasteiger partial charge in [-0.15, -0.1) is 0 Å². The largest absolute Gasteiger partial charge is 0.355 e. The zero-order valence-corrected chi connectivity index (χ0v) is 24.3. The van der Waals surface area contributed by atoms with Crippen LogP contribution in [0.4, 0.5) is 5.69 Å². The third kappa shape index (κ3) is 7.06. The maximum atomic E-state index is 14.1. The Morgan fingerprint density at radius 3 is 2.05 bits per heavy atom. The highest BCUT2D eigenvalue weighted by Gasteiger charge is 2.34. The molecule has 2 amide bonds. The first-order chi connectivity index (χ1) is 18.6. The van der Waals surface area contributed by atoms with Crippen LogP contribution in [0.2, 0.25) is 0 Å². The number of amides is 2. The Labute approximate surface area is 232 Å². The van der Waals surface area contributed by atoms with Gasteiger partial charge in [-0.1, -0.05) is 74.0 Å². The molecule has 208 valence electrons. The Kier molecular flexibility index (Phi) is 10.3. The van der Waals surface area contributed by atoms with Gasteiger partial charge in [-0.05, 0) is 68.5 Å². The van der Waals surface area contributed by atoms with Gasteiger partial charge in [-0.2, -0.15) is 0 Å². The van der Waals surface area contributed by atoms with Gasteiger partial charge in [0.05, 0.1) is 10.6 Å². The van der Waals surface area contributed by atoms with E-state index in [1.807, 2.05) is 71.0 Å². The van der Waals surface area contributed by atoms with Crippen molar-refractivity contribution >= 4 is 27.5 Å². The second-order valence-electron chi connectivity index (χ2n) is 9.57. The molecule has 39 heavy (non-hydrogen) atoms. The van der Waals surface area contributed by atoms with Crippen LogP contribution >= 0.6 is 0 Å². The molecule has 0 spiro atoms. The number of hydrogen-bond acceptors (Lipinski definition) is 4. The van der Waals surface area contributed by atoms with Crippen LogP contribution in [0.15, 0.2) is 77.7 Å². The lowest BCUT2D eigenvalue weighted by Crippen LogP contribution is -2.52. The third-order valence-electron chi connectivity index (χ3n) is 6.87. The normalized spacial score (nSPS) is 12.0. The minimum atomic E-state index is -4.09. The van der Waals surface area contributed by atoms with Crippen molar-refractivity contribution in [3.8, 4) is 0 Å². The summed E-state index contributed by atoms with van der Waals surface area (Å²) in [6.45, 7) is 9.66. The van der Waals surface area contributed by atoms with Crippen LogP contribution in [0.25, 0.3) is 0 Å². The van der Waals surface area contributed by atoms with E-state index in [-0.39, 0.29) is 17.3 Å². The maximum absolute atomic E-state index is 14.1. The topological polar surface area (TPSA) is 86.8 Å². The summed E-state index contributed by atoms with van der Waals surface area (Å²) < 4.78 is 29.3. The number of rotatable bonds is 12. The fourth-order valence-corrected chi connectivity index (χ4v) is 6.04. The van der Waals surface area contributed by atoms with Gasteiger partial charge in [0.25, 0.3) is 10.0 Å². The zero-order chi connectivity index (χ0) is 28.6. The number of benzene rings is 3. The van der Waals surface area contributed by atoms with Gasteiger partial charge >= 0.3 is 0 Å². The van der Waals surface area contributed by atoms with Gasteiger partial charge in [0.1, 0.15) is 12.6 Å². The quantitative estimate of drug-likeness (QED) is 0.344. The molecular weight excluding hydrogens is 510 g/mol. The van der Waals surface area contributed by atoms with Crippen molar-refractivity contribution in [1.29, 1.82) is 0 Å². The molecule has 0 aromatic heterocycles. The van der Waals surface area contributed by atoms with Crippen LogP contribution in [0.3, 0.4) is 0 Å². The van der Waals surface area contributed by atoms with Gasteiger partial charge < -0.3 is 10.2 Å². The van der Waals surface area contributed by atoms with Crippen molar-refractivity contribution in [2.45, 2.75) is 64.9 Å². The lowest BCUT2D eigenvalue weighted by molar-refractivity contribution is -0.140. The number of likely N-dealkylation sites (N-methyl/N-ethyl adjacent to an activating group) is 1. The minimum Gasteiger partial charge on any atom is -0.355 e. The SMILES string of the molecule is CCNC(=O)[C@H](CC)N(Cc1ccccc1C)C(=O)CN(c1ccccc1CC)S(=O)(=O)c1ccc(C)cc1. The Balaban J connectivity index is 2.11. The Bertz CT molecular complexity index is 1390. The van der Waals surface area contributed by atoms with E-state index in [0.717, 1.165) is 22.3 Å². The number of para-hydroxylation sites is 1. The molecule has 3 aromatic carbocycles. The van der Waals surface area contributed by atoms with Crippen molar-refractivity contribution in [3.05, 3.63) is 95.1 Å². The highest BCUT2D eigenvalue weighted by molar-refractivity contribution is 7.92. The molecule has 3 aromatic rings. The lowest BCUT2D eigenvalue weighted by Gasteiger charge is -2.34. The fraction of sp³-hybridized carbons (Fsp3) is 0.355. The van der Waals surface area contributed by atoms with Crippen molar-refractivity contribution in [2.75, 3.05) is 17.4 Å². The first-order valence-electron chi connectivity index (χ1n) is 13.4. The first-order valence-corrected chi connectivity index (χ1v) is 14.9. The van der Waals surface area contributed by atoms with E-state index in [0.29, 0.717) is 25.1 Å². The van der Waals surface area contributed by atoms with Gasteiger partial charge in [-0.25, -0.2) is 8.42 Å². The molecule has 1 atom stereocenters. The number of hydrogen-bond donors (Lipinski definition) is 1. The van der Waals surface area contributed by atoms with E-state index in [2.05, 4.69) is 5.32 Å². The average molecular weight is 550 g/mol. The number of aryl methyl sites for hydroxylation is 3. The van der Waals surface area contributed by atoms with E-state index in [1.54, 1.807) is 36.4 Å². The Hall–Kier alpha value is -3.65. The molecule has 3 rings (SSSR count). The highest BCUT2D eigenvalue weighted by atomic mass is 32.2. The molecule has 0 radical (unpaired) electrons. The molecule has 0 fully saturated rings. The third-order valence-corrected chi connectivity index (χ3v) is 8.64. The molecule has 0 saturated heterocycles. The van der Waals surface area contributed by atoms with E-state index in [9.17, 15) is 18.0 Å². The fourth-order valence-electron chi connectivity index (χ4n) is 4.59. The number of nitrogens with one attached hydrogen (secondary N) is 1. The second kappa shape index (κ2) is 13.4. The predicted octanol–water partition coefficient (Wildman–Crippen LogP) is 5.00. The van der Waals surface area contributed by atoms with Crippen LogP contribution < -0.4 is 9.62 Å². The van der Waals surface area contributed by atoms with Crippen molar-refractivity contribution in [3.63, 3.8) is 0 Å². The van der Waals surface area contributed by atoms with Crippen molar-refractivity contribution in [2.24, 2.45) is 0 Å². The molecule has 7 nitrogen and oxygen atoms in total. The molecule has 0 aliphatic rings. The van der Waals surface area contributed by atoms with E-state index in [4.69, 9.17) is 0 Å². The molecule has 0 unspecified atom stereocenters. The molecule has 8 heteroatoms. The van der Waals surface area contributed by atoms with Crippen molar-refractivity contribution < 1.29 is 18.0 Å². The summed E-state index contributed by atoms with van der Waals surface area (Å²) >= 11 is 0. The highest BCUT2D eigenvalue weighted by Crippen LogP contribution is 2.28. The van der Waals surface area contributed by atoms with Crippen LogP contribution in [-0.4, -0.2) is 44.3 Å². The molecule has 0 bridgehead atoms. The number of nitrogens with zero attached hydrogens (tertiary/aromatic N) is 2. The summed E-state index contributed by atoms with van der Waals surface area (Å²) in [6.07, 6.45) is 0.980. The Morgan fingerprint density at radius 1 is 0.846 bits per heavy atom. The smallest absolute Gasteiger partial charge is 0.264 e. The standard InChI is InChI=1S/C31H39N3O4S/c1-6-25-14-11-12-16-29(25)34(39(37,38)27-19-17-23(4)18-20-27)22-30(35)33(28(7-2)31(36)32-8-3)21-26-15-10-9-13-24(26)5/h9-20,28H,6-8,21-22H2,1-5H3,(H,32,36)/t28-/m0/s1. The zero-order valence-electron chi connectivity index (χ0n) is 23.5. The minimum absolute atomic E-state index is 0.105. The van der Waals surface area contributed by atoms with Crippen LogP contribution in [-0.2, 0) is 32.6 Å². The van der Waals surface area contributed by atoms with E-state index in [1.165, 1.54) is 9.21 Å². The average Bonchev–Trinajstić information content (AvgIpc) is 2.92. The summed E-state index contributed by atoms with van der Waals surface area (Å²) in [5, 5.41) is 2.83. The van der Waals surface area contributed by atoms with Gasteiger partial charge in [0.15, 0.2) is 0 Å². The maximum Gasteiger partial charge on any atom is 0.264 e. The molecule has 0 saturated carbocycles. The number of anilines is 1. The number of carbonyl (C=O) groups excluding carboxylic acids is 2. The van der Waals surface area contributed by atoms with Crippen LogP contribution in [0.1, 0.15) is 49.4 Å². The molecule has 1 N–H and O–H groups in total. The molecule has 0 aliphatic heterocycles. The monoisotopic (exact) mass is 549 g/mol. The Morgan fingerprint density at radius 2 is 1.46 bits per heavy atom. The molecule has 0 heterocycles. The predicted molar refractivity (Wildman–Crippen MR) is 156 cm³/mol. The summed E-state index contributed by atoms with van der Waals surface area (Å²) in [5.74, 6) is -0.707. The van der Waals surface area contributed by atoms with Crippen LogP contribution in [0, 0.1) is 13.8 Å². The number of carbonyl (C=O) groups is 2. The summed E-state index contributed by atoms with van der Waals surface area (Å²) in [6, 6.07) is 20.8. The van der Waals surface area contributed by atoms with Gasteiger partial charge in [-0.3, -0.25) is 13.9 Å².